The Balaban J connectivity index is 1.66. The van der Waals surface area contributed by atoms with Gasteiger partial charge in [0.2, 0.25) is 0 Å². The number of aromatic nitrogens is 4. The van der Waals surface area contributed by atoms with Crippen LogP contribution in [0.1, 0.15) is 22.5 Å². The summed E-state index contributed by atoms with van der Waals surface area (Å²) in [7, 11) is 0. The number of phenolic OH excluding ortho intramolecular Hbond substituents is 2. The molecule has 0 aliphatic rings. The third-order valence-corrected chi connectivity index (χ3v) is 8.78. The van der Waals surface area contributed by atoms with Crippen molar-refractivity contribution in [1.82, 2.24) is 19.9 Å². The van der Waals surface area contributed by atoms with E-state index in [0.717, 1.165) is 43.7 Å². The maximum Gasteiger partial charge on any atom is 0.134 e. The second kappa shape index (κ2) is 10.3. The van der Waals surface area contributed by atoms with Crippen LogP contribution in [-0.2, 0) is 0 Å². The molecule has 0 saturated heterocycles. The van der Waals surface area contributed by atoms with Crippen molar-refractivity contribution in [3.05, 3.63) is 120 Å². The van der Waals surface area contributed by atoms with Crippen LogP contribution in [0.4, 0.5) is 0 Å². The van der Waals surface area contributed by atoms with Crippen molar-refractivity contribution in [3.63, 3.8) is 0 Å². The number of nitrogens with zero attached hydrogens (tertiary/aromatic N) is 4. The molecule has 8 bridgehead atoms. The summed E-state index contributed by atoms with van der Waals surface area (Å²) in [6, 6.07) is 31.9. The highest BCUT2D eigenvalue weighted by molar-refractivity contribution is 6.07. The van der Waals surface area contributed by atoms with Crippen LogP contribution in [0.15, 0.2) is 97.1 Å². The highest BCUT2D eigenvalue weighted by Gasteiger charge is 2.12. The molecule has 0 atom stereocenters. The lowest BCUT2D eigenvalue weighted by Gasteiger charge is -2.08. The molecule has 3 heterocycles. The largest absolute Gasteiger partial charge is 0.507 e. The maximum atomic E-state index is 11.7. The molecule has 6 heteroatoms. The summed E-state index contributed by atoms with van der Waals surface area (Å²) in [5.74, 6) is 0.234. The third-order valence-electron chi connectivity index (χ3n) is 8.78. The quantitative estimate of drug-likeness (QED) is 0.169. The Morgan fingerprint density at radius 2 is 0.783 bits per heavy atom. The van der Waals surface area contributed by atoms with Gasteiger partial charge in [0.15, 0.2) is 0 Å². The first-order valence-electron chi connectivity index (χ1n) is 15.3. The summed E-state index contributed by atoms with van der Waals surface area (Å²) >= 11 is 0. The predicted molar refractivity (Wildman–Crippen MR) is 189 cm³/mol. The molecule has 222 valence electrons. The zero-order chi connectivity index (χ0) is 31.7. The van der Waals surface area contributed by atoms with Crippen LogP contribution in [-0.4, -0.2) is 30.1 Å². The zero-order valence-electron chi connectivity index (χ0n) is 25.9. The lowest BCUT2D eigenvalue weighted by Crippen LogP contribution is -1.90. The molecule has 2 N–H and O–H groups in total. The molecule has 0 fully saturated rings. The summed E-state index contributed by atoms with van der Waals surface area (Å²) in [6.07, 6.45) is 0. The number of aryl methyl sites for hydroxylation is 4. The van der Waals surface area contributed by atoms with Crippen LogP contribution in [0.5, 0.6) is 11.5 Å². The van der Waals surface area contributed by atoms with E-state index < -0.39 is 0 Å². The number of aromatic hydroxyl groups is 2. The van der Waals surface area contributed by atoms with Crippen molar-refractivity contribution in [1.29, 1.82) is 0 Å². The second-order valence-electron chi connectivity index (χ2n) is 12.1. The predicted octanol–water partition coefficient (Wildman–Crippen LogP) is 9.67. The first-order valence-corrected chi connectivity index (χ1v) is 15.3. The van der Waals surface area contributed by atoms with Crippen molar-refractivity contribution in [2.75, 3.05) is 0 Å². The number of pyridine rings is 2. The molecule has 5 aromatic carbocycles. The van der Waals surface area contributed by atoms with Crippen LogP contribution in [0, 0.1) is 27.7 Å². The van der Waals surface area contributed by atoms with Gasteiger partial charge in [0.05, 0.1) is 33.1 Å². The Bertz CT molecular complexity index is 2530. The lowest BCUT2D eigenvalue weighted by molar-refractivity contribution is 0.486. The van der Waals surface area contributed by atoms with E-state index in [1.807, 2.05) is 125 Å². The van der Waals surface area contributed by atoms with Crippen molar-refractivity contribution >= 4 is 76.2 Å². The van der Waals surface area contributed by atoms with Crippen LogP contribution in [0.3, 0.4) is 0 Å². The summed E-state index contributed by atoms with van der Waals surface area (Å²) in [5, 5.41) is 29.9. The first-order chi connectivity index (χ1) is 22.2. The summed E-state index contributed by atoms with van der Waals surface area (Å²) < 4.78 is 0. The van der Waals surface area contributed by atoms with Crippen molar-refractivity contribution in [2.45, 2.75) is 27.7 Å². The van der Waals surface area contributed by atoms with Crippen LogP contribution in [0.2, 0.25) is 0 Å². The van der Waals surface area contributed by atoms with E-state index in [2.05, 4.69) is 0 Å². The highest BCUT2D eigenvalue weighted by atomic mass is 16.3. The van der Waals surface area contributed by atoms with Gasteiger partial charge in [-0.25, -0.2) is 9.97 Å². The van der Waals surface area contributed by atoms with Crippen molar-refractivity contribution < 1.29 is 10.2 Å². The Hall–Kier alpha value is -5.88. The van der Waals surface area contributed by atoms with E-state index in [4.69, 9.17) is 19.9 Å². The fourth-order valence-corrected chi connectivity index (χ4v) is 6.44. The zero-order valence-corrected chi connectivity index (χ0v) is 25.9. The van der Waals surface area contributed by atoms with E-state index in [0.29, 0.717) is 55.0 Å². The molecular weight excluding hydrogens is 568 g/mol. The standard InChI is InChI=1S/C40H30N4O2/c1-21-15-29-23(3)41-35-19-27-7-5-6-8-28(27)20-36(35)42-24(4)30-16-22(2)18-32(40(30)46)34-14-12-26-10-9-25-11-13-33(31(17-21)39(29)45)43-37(25)38(26)44-34/h5-20,45-46H,1-4H3. The summed E-state index contributed by atoms with van der Waals surface area (Å²) in [6.45, 7) is 7.82. The van der Waals surface area contributed by atoms with Crippen molar-refractivity contribution in [2.24, 2.45) is 0 Å². The molecule has 0 spiro atoms. The fourth-order valence-electron chi connectivity index (χ4n) is 6.44. The average molecular weight is 599 g/mol. The molecule has 0 aliphatic carbocycles. The van der Waals surface area contributed by atoms with Crippen molar-refractivity contribution in [3.8, 4) is 11.5 Å². The minimum Gasteiger partial charge on any atom is -0.507 e. The fraction of sp³-hybridized carbons (Fsp3) is 0.100. The number of hydrogen-bond acceptors (Lipinski definition) is 6. The van der Waals surface area contributed by atoms with Crippen LogP contribution < -0.4 is 0 Å². The molecule has 3 aromatic heterocycles. The molecule has 8 aromatic rings. The Labute approximate surface area is 264 Å². The van der Waals surface area contributed by atoms with E-state index in [1.165, 1.54) is 0 Å². The van der Waals surface area contributed by atoms with E-state index in [-0.39, 0.29) is 11.5 Å². The third kappa shape index (κ3) is 4.49. The number of fused-ring (bicyclic) bond motifs is 10. The second-order valence-corrected chi connectivity index (χ2v) is 12.1. The van der Waals surface area contributed by atoms with Gasteiger partial charge in [-0.3, -0.25) is 9.97 Å². The van der Waals surface area contributed by atoms with E-state index >= 15 is 0 Å². The molecule has 0 amide bonds. The minimum absolute atomic E-state index is 0.117. The van der Waals surface area contributed by atoms with Gasteiger partial charge < -0.3 is 10.2 Å². The van der Waals surface area contributed by atoms with E-state index in [9.17, 15) is 10.2 Å². The van der Waals surface area contributed by atoms with E-state index in [1.54, 1.807) is 0 Å². The van der Waals surface area contributed by atoms with Crippen LogP contribution >= 0.6 is 0 Å². The SMILES string of the molecule is Cc1cc2c(C)nc3cc4ccccc4cc3nc(C)c3cc(C)cc(c3O)c3ccc4ccc5ccc(nc5c4n3)c(c1)c2O. The highest BCUT2D eigenvalue weighted by Crippen LogP contribution is 2.34. The lowest BCUT2D eigenvalue weighted by atomic mass is 10.0. The molecule has 0 aliphatic heterocycles. The first kappa shape index (κ1) is 27.7. The van der Waals surface area contributed by atoms with Gasteiger partial charge in [-0.05, 0) is 98.1 Å². The molecule has 0 unspecified atom stereocenters. The monoisotopic (exact) mass is 598 g/mol. The molecule has 6 nitrogen and oxygen atoms in total. The molecule has 8 rings (SSSR count). The summed E-state index contributed by atoms with van der Waals surface area (Å²) in [5.41, 5.74) is 7.27. The molecular formula is C40H30N4O2. The van der Waals surface area contributed by atoms with Gasteiger partial charge in [-0.1, -0.05) is 48.5 Å². The van der Waals surface area contributed by atoms with Crippen LogP contribution in [0.25, 0.3) is 76.2 Å². The molecule has 0 saturated carbocycles. The maximum absolute atomic E-state index is 11.7. The average Bonchev–Trinajstić information content (AvgIpc) is 3.05. The van der Waals surface area contributed by atoms with Gasteiger partial charge >= 0.3 is 0 Å². The normalized spacial score (nSPS) is 11.7. The summed E-state index contributed by atoms with van der Waals surface area (Å²) in [4.78, 5) is 20.3. The minimum atomic E-state index is 0.117. The van der Waals surface area contributed by atoms with Gasteiger partial charge in [0.1, 0.15) is 11.5 Å². The number of phenols is 2. The smallest absolute Gasteiger partial charge is 0.134 e. The number of benzene rings is 5. The molecule has 0 radical (unpaired) electrons. The Kier molecular flexibility index (Phi) is 6.22. The van der Waals surface area contributed by atoms with Gasteiger partial charge in [0.25, 0.3) is 0 Å². The van der Waals surface area contributed by atoms with Gasteiger partial charge in [-0.15, -0.1) is 0 Å². The number of rotatable bonds is 0. The topological polar surface area (TPSA) is 92.0 Å². The number of hydrogen-bond donors (Lipinski definition) is 2. The molecule has 46 heavy (non-hydrogen) atoms. The Morgan fingerprint density at radius 3 is 1.22 bits per heavy atom. The Morgan fingerprint density at radius 1 is 0.391 bits per heavy atom. The van der Waals surface area contributed by atoms with Gasteiger partial charge in [-0.2, -0.15) is 0 Å². The van der Waals surface area contributed by atoms with Gasteiger partial charge in [0, 0.05) is 43.7 Å².